The van der Waals surface area contributed by atoms with Gasteiger partial charge in [-0.3, -0.25) is 14.9 Å². The largest absolute Gasteiger partial charge is 0.481 e. The number of carboxylic acid groups (broad SMARTS) is 1. The average Bonchev–Trinajstić information content (AvgIpc) is 2.15. The van der Waals surface area contributed by atoms with E-state index < -0.39 is 10.9 Å². The van der Waals surface area contributed by atoms with Crippen LogP contribution in [-0.2, 0) is 4.79 Å². The van der Waals surface area contributed by atoms with Crippen LogP contribution in [0.4, 0.5) is 5.69 Å². The van der Waals surface area contributed by atoms with Gasteiger partial charge in [0.05, 0.1) is 15.7 Å². The monoisotopic (exact) mass is 248 g/mol. The number of carbonyl (C=O) groups is 1. The first-order valence-corrected chi connectivity index (χ1v) is 5.01. The molecule has 8 heteroatoms. The topological polar surface area (TPSA) is 93.3 Å². The smallest absolute Gasteiger partial charge is 0.313 e. The molecule has 0 atom stereocenters. The zero-order valence-electron chi connectivity index (χ0n) is 7.21. The second-order valence-corrected chi connectivity index (χ2v) is 3.82. The molecule has 0 fully saturated rings. The van der Waals surface area contributed by atoms with Crippen LogP contribution in [0.2, 0.25) is 5.02 Å². The normalized spacial score (nSPS) is 9.93. The number of aliphatic carboxylic acids is 1. The first-order valence-electron chi connectivity index (χ1n) is 3.65. The summed E-state index contributed by atoms with van der Waals surface area (Å²) in [7, 11) is 0. The first kappa shape index (κ1) is 11.7. The van der Waals surface area contributed by atoms with E-state index >= 15 is 0 Å². The van der Waals surface area contributed by atoms with E-state index in [1.807, 2.05) is 0 Å². The molecule has 6 nitrogen and oxygen atoms in total. The van der Waals surface area contributed by atoms with E-state index in [1.165, 1.54) is 6.20 Å². The molecule has 15 heavy (non-hydrogen) atoms. The molecule has 1 heterocycles. The summed E-state index contributed by atoms with van der Waals surface area (Å²) < 4.78 is 0. The van der Waals surface area contributed by atoms with E-state index in [0.717, 1.165) is 17.8 Å². The first-order chi connectivity index (χ1) is 7.00. The summed E-state index contributed by atoms with van der Waals surface area (Å²) in [4.78, 5) is 23.9. The van der Waals surface area contributed by atoms with Gasteiger partial charge in [-0.1, -0.05) is 23.4 Å². The Kier molecular flexibility index (Phi) is 3.87. The Hall–Kier alpha value is -1.34. The van der Waals surface area contributed by atoms with Crippen molar-refractivity contribution in [2.24, 2.45) is 0 Å². The van der Waals surface area contributed by atoms with Crippen molar-refractivity contribution in [2.75, 3.05) is 5.75 Å². The van der Waals surface area contributed by atoms with Gasteiger partial charge in [0.25, 0.3) is 0 Å². The van der Waals surface area contributed by atoms with Crippen LogP contribution in [0.15, 0.2) is 17.3 Å². The van der Waals surface area contributed by atoms with Gasteiger partial charge in [0.1, 0.15) is 0 Å². The lowest BCUT2D eigenvalue weighted by Gasteiger charge is -1.99. The van der Waals surface area contributed by atoms with Crippen molar-refractivity contribution in [3.8, 4) is 0 Å². The molecule has 1 rings (SSSR count). The molecule has 1 N–H and O–H groups in total. The van der Waals surface area contributed by atoms with Crippen LogP contribution in [0.25, 0.3) is 0 Å². The van der Waals surface area contributed by atoms with Gasteiger partial charge in [0.15, 0.2) is 5.03 Å². The third kappa shape index (κ3) is 3.37. The Morgan fingerprint density at radius 3 is 2.93 bits per heavy atom. The minimum Gasteiger partial charge on any atom is -0.481 e. The van der Waals surface area contributed by atoms with Gasteiger partial charge in [0, 0.05) is 12.3 Å². The number of halogens is 1. The second-order valence-electron chi connectivity index (χ2n) is 2.42. The number of hydrogen-bond donors (Lipinski definition) is 1. The number of nitro groups is 1. The van der Waals surface area contributed by atoms with E-state index in [-0.39, 0.29) is 21.5 Å². The number of pyridine rings is 1. The number of thioether (sulfide) groups is 1. The fraction of sp³-hybridized carbons (Fsp3) is 0.143. The van der Waals surface area contributed by atoms with Gasteiger partial charge in [-0.2, -0.15) is 0 Å². The second kappa shape index (κ2) is 4.94. The van der Waals surface area contributed by atoms with E-state index in [1.54, 1.807) is 0 Å². The van der Waals surface area contributed by atoms with Crippen LogP contribution in [0.5, 0.6) is 0 Å². The molecule has 0 unspecified atom stereocenters. The van der Waals surface area contributed by atoms with Crippen molar-refractivity contribution in [3.63, 3.8) is 0 Å². The molecule has 0 aliphatic carbocycles. The van der Waals surface area contributed by atoms with Crippen LogP contribution < -0.4 is 0 Å². The fourth-order valence-corrected chi connectivity index (χ4v) is 1.61. The molecule has 0 spiro atoms. The maximum absolute atomic E-state index is 10.6. The molecule has 0 radical (unpaired) electrons. The summed E-state index contributed by atoms with van der Waals surface area (Å²) in [5.41, 5.74) is -0.284. The lowest BCUT2D eigenvalue weighted by molar-refractivity contribution is -0.388. The lowest BCUT2D eigenvalue weighted by atomic mass is 10.4. The Morgan fingerprint density at radius 2 is 2.40 bits per heavy atom. The highest BCUT2D eigenvalue weighted by Gasteiger charge is 2.17. The fourth-order valence-electron chi connectivity index (χ4n) is 0.788. The molecule has 0 aromatic carbocycles. The predicted octanol–water partition coefficient (Wildman–Crippen LogP) is 1.82. The number of hydrogen-bond acceptors (Lipinski definition) is 5. The summed E-state index contributed by atoms with van der Waals surface area (Å²) in [5, 5.41) is 19.2. The maximum atomic E-state index is 10.6. The SMILES string of the molecule is O=C(O)CSc1ncc(Cl)cc1[N+](=O)[O-]. The maximum Gasteiger partial charge on any atom is 0.313 e. The van der Waals surface area contributed by atoms with Crippen molar-refractivity contribution in [1.29, 1.82) is 0 Å². The Balaban J connectivity index is 2.95. The quantitative estimate of drug-likeness (QED) is 0.496. The summed E-state index contributed by atoms with van der Waals surface area (Å²) in [6.07, 6.45) is 1.23. The highest BCUT2D eigenvalue weighted by molar-refractivity contribution is 8.00. The molecule has 1 aromatic heterocycles. The minimum absolute atomic E-state index is 0.0480. The summed E-state index contributed by atoms with van der Waals surface area (Å²) in [5.74, 6) is -1.35. The van der Waals surface area contributed by atoms with Gasteiger partial charge in [-0.05, 0) is 0 Å². The van der Waals surface area contributed by atoms with Gasteiger partial charge in [-0.15, -0.1) is 0 Å². The molecular formula is C7H5ClN2O4S. The van der Waals surface area contributed by atoms with Crippen molar-refractivity contribution in [2.45, 2.75) is 5.03 Å². The Labute approximate surface area is 93.4 Å². The van der Waals surface area contributed by atoms with E-state index in [2.05, 4.69) is 4.98 Å². The summed E-state index contributed by atoms with van der Waals surface area (Å²) >= 11 is 6.31. The molecule has 0 saturated heterocycles. The predicted molar refractivity (Wildman–Crippen MR) is 54.3 cm³/mol. The van der Waals surface area contributed by atoms with Crippen LogP contribution >= 0.6 is 23.4 Å². The van der Waals surface area contributed by atoms with Gasteiger partial charge < -0.3 is 5.11 Å². The molecular weight excluding hydrogens is 244 g/mol. The van der Waals surface area contributed by atoms with Crippen molar-refractivity contribution in [3.05, 3.63) is 27.4 Å². The van der Waals surface area contributed by atoms with Crippen LogP contribution in [-0.4, -0.2) is 26.7 Å². The molecule has 80 valence electrons. The van der Waals surface area contributed by atoms with Crippen LogP contribution in [0.3, 0.4) is 0 Å². The van der Waals surface area contributed by atoms with E-state index in [0.29, 0.717) is 0 Å². The number of rotatable bonds is 4. The van der Waals surface area contributed by atoms with Gasteiger partial charge >= 0.3 is 11.7 Å². The van der Waals surface area contributed by atoms with Gasteiger partial charge in [-0.25, -0.2) is 4.98 Å². The number of aromatic nitrogens is 1. The van der Waals surface area contributed by atoms with E-state index in [4.69, 9.17) is 16.7 Å². The highest BCUT2D eigenvalue weighted by Crippen LogP contribution is 2.28. The molecule has 0 aliphatic rings. The van der Waals surface area contributed by atoms with Crippen molar-refractivity contribution in [1.82, 2.24) is 4.98 Å². The average molecular weight is 249 g/mol. The third-order valence-electron chi connectivity index (χ3n) is 1.33. The molecule has 0 saturated carbocycles. The molecule has 1 aromatic rings. The molecule has 0 bridgehead atoms. The zero-order chi connectivity index (χ0) is 11.4. The standard InChI is InChI=1S/C7H5ClN2O4S/c8-4-1-5(10(13)14)7(9-2-4)15-3-6(11)12/h1-2H,3H2,(H,11,12). The number of nitrogens with zero attached hydrogens (tertiary/aromatic N) is 2. The third-order valence-corrected chi connectivity index (χ3v) is 2.51. The Morgan fingerprint density at radius 1 is 1.73 bits per heavy atom. The van der Waals surface area contributed by atoms with Gasteiger partial charge in [0.2, 0.25) is 0 Å². The summed E-state index contributed by atoms with van der Waals surface area (Å²) in [6, 6.07) is 1.14. The van der Waals surface area contributed by atoms with Crippen LogP contribution in [0, 0.1) is 10.1 Å². The number of carboxylic acids is 1. The zero-order valence-corrected chi connectivity index (χ0v) is 8.79. The molecule has 0 aliphatic heterocycles. The van der Waals surface area contributed by atoms with E-state index in [9.17, 15) is 14.9 Å². The van der Waals surface area contributed by atoms with Crippen molar-refractivity contribution < 1.29 is 14.8 Å². The van der Waals surface area contributed by atoms with Crippen LogP contribution in [0.1, 0.15) is 0 Å². The highest BCUT2D eigenvalue weighted by atomic mass is 35.5. The minimum atomic E-state index is -1.06. The Bertz CT molecular complexity index is 412. The summed E-state index contributed by atoms with van der Waals surface area (Å²) in [6.45, 7) is 0. The van der Waals surface area contributed by atoms with Crippen molar-refractivity contribution >= 4 is 35.0 Å². The molecule has 0 amide bonds. The lowest BCUT2D eigenvalue weighted by Crippen LogP contribution is -2.00.